The number of nitrogens with zero attached hydrogens (tertiary/aromatic N) is 1. The van der Waals surface area contributed by atoms with Crippen LogP contribution in [-0.2, 0) is 16.6 Å². The fraction of sp³-hybridized carbons (Fsp3) is 0.294. The van der Waals surface area contributed by atoms with Gasteiger partial charge in [-0.2, -0.15) is 4.31 Å². The lowest BCUT2D eigenvalue weighted by molar-refractivity contribution is 0.174. The Morgan fingerprint density at radius 2 is 1.88 bits per heavy atom. The lowest BCUT2D eigenvalue weighted by Crippen LogP contribution is -2.27. The zero-order valence-corrected chi connectivity index (χ0v) is 14.6. The van der Waals surface area contributed by atoms with Gasteiger partial charge in [-0.1, -0.05) is 6.07 Å². The summed E-state index contributed by atoms with van der Waals surface area (Å²) >= 11 is 0. The third kappa shape index (κ3) is 3.05. The van der Waals surface area contributed by atoms with E-state index in [4.69, 9.17) is 14.2 Å². The third-order valence-corrected chi connectivity index (χ3v) is 5.88. The molecule has 0 atom stereocenters. The van der Waals surface area contributed by atoms with Crippen LogP contribution >= 0.6 is 0 Å². The Morgan fingerprint density at radius 3 is 2.58 bits per heavy atom. The highest BCUT2D eigenvalue weighted by Crippen LogP contribution is 2.33. The van der Waals surface area contributed by atoms with Crippen molar-refractivity contribution in [2.24, 2.45) is 0 Å². The van der Waals surface area contributed by atoms with E-state index in [-0.39, 0.29) is 18.2 Å². The summed E-state index contributed by atoms with van der Waals surface area (Å²) in [5.41, 5.74) is 1.48. The van der Waals surface area contributed by atoms with Gasteiger partial charge in [0.25, 0.3) is 0 Å². The molecule has 0 unspecified atom stereocenters. The minimum atomic E-state index is -3.60. The predicted molar refractivity (Wildman–Crippen MR) is 88.9 cm³/mol. The summed E-state index contributed by atoms with van der Waals surface area (Å²) in [6.45, 7) is 2.19. The highest BCUT2D eigenvalue weighted by Gasteiger charge is 2.24. The average molecular weight is 349 g/mol. The maximum absolute atomic E-state index is 12.8. The summed E-state index contributed by atoms with van der Waals surface area (Å²) in [6, 6.07) is 10.3. The molecule has 1 aliphatic heterocycles. The Morgan fingerprint density at radius 1 is 1.12 bits per heavy atom. The molecule has 0 bridgehead atoms. The minimum Gasteiger partial charge on any atom is -0.497 e. The number of aryl methyl sites for hydroxylation is 1. The number of benzene rings is 2. The first-order chi connectivity index (χ1) is 11.4. The normalized spacial score (nSPS) is 13.3. The van der Waals surface area contributed by atoms with Crippen LogP contribution in [0.4, 0.5) is 0 Å². The first-order valence-electron chi connectivity index (χ1n) is 7.41. The van der Waals surface area contributed by atoms with E-state index in [2.05, 4.69) is 0 Å². The van der Waals surface area contributed by atoms with Gasteiger partial charge in [-0.25, -0.2) is 8.42 Å². The molecule has 1 aliphatic rings. The van der Waals surface area contributed by atoms with Gasteiger partial charge >= 0.3 is 0 Å². The molecule has 2 aromatic carbocycles. The van der Waals surface area contributed by atoms with Crippen molar-refractivity contribution in [2.45, 2.75) is 18.4 Å². The number of hydrogen-bond donors (Lipinski definition) is 0. The van der Waals surface area contributed by atoms with Crippen molar-refractivity contribution in [1.82, 2.24) is 4.31 Å². The molecule has 0 aromatic heterocycles. The fourth-order valence-electron chi connectivity index (χ4n) is 2.59. The van der Waals surface area contributed by atoms with Crippen LogP contribution in [0.2, 0.25) is 0 Å². The number of methoxy groups -OCH3 is 1. The van der Waals surface area contributed by atoms with Gasteiger partial charge < -0.3 is 14.2 Å². The van der Waals surface area contributed by atoms with Gasteiger partial charge in [-0.15, -0.1) is 0 Å². The monoisotopic (exact) mass is 349 g/mol. The van der Waals surface area contributed by atoms with E-state index >= 15 is 0 Å². The third-order valence-electron chi connectivity index (χ3n) is 3.91. The van der Waals surface area contributed by atoms with Gasteiger partial charge in [0.05, 0.1) is 12.0 Å². The van der Waals surface area contributed by atoms with Gasteiger partial charge in [-0.05, 0) is 48.4 Å². The smallest absolute Gasteiger partial charge is 0.243 e. The SMILES string of the molecule is COc1ccc(S(=O)(=O)N(C)Cc2ccc3c(c2)OCO3)c(C)c1. The molecule has 0 fully saturated rings. The van der Waals surface area contributed by atoms with Crippen LogP contribution in [0, 0.1) is 6.92 Å². The lowest BCUT2D eigenvalue weighted by Gasteiger charge is -2.19. The lowest BCUT2D eigenvalue weighted by atomic mass is 10.2. The molecule has 128 valence electrons. The average Bonchev–Trinajstić information content (AvgIpc) is 3.02. The molecule has 0 radical (unpaired) electrons. The fourth-order valence-corrected chi connectivity index (χ4v) is 3.95. The number of sulfonamides is 1. The van der Waals surface area contributed by atoms with Gasteiger partial charge in [0.2, 0.25) is 16.8 Å². The summed E-state index contributed by atoms with van der Waals surface area (Å²) in [5, 5.41) is 0. The first kappa shape index (κ1) is 16.6. The summed E-state index contributed by atoms with van der Waals surface area (Å²) in [4.78, 5) is 0.270. The molecule has 0 saturated heterocycles. The summed E-state index contributed by atoms with van der Waals surface area (Å²) < 4.78 is 42.7. The second-order valence-corrected chi connectivity index (χ2v) is 7.59. The van der Waals surface area contributed by atoms with Crippen LogP contribution in [0.15, 0.2) is 41.3 Å². The molecule has 6 nitrogen and oxygen atoms in total. The van der Waals surface area contributed by atoms with Crippen molar-refractivity contribution in [3.05, 3.63) is 47.5 Å². The maximum atomic E-state index is 12.8. The maximum Gasteiger partial charge on any atom is 0.243 e. The zero-order valence-electron chi connectivity index (χ0n) is 13.8. The van der Waals surface area contributed by atoms with E-state index < -0.39 is 10.0 Å². The van der Waals surface area contributed by atoms with Crippen LogP contribution in [0.1, 0.15) is 11.1 Å². The van der Waals surface area contributed by atoms with Gasteiger partial charge in [0.15, 0.2) is 11.5 Å². The van der Waals surface area contributed by atoms with Crippen molar-refractivity contribution >= 4 is 10.0 Å². The van der Waals surface area contributed by atoms with Crippen molar-refractivity contribution < 1.29 is 22.6 Å². The van der Waals surface area contributed by atoms with Crippen LogP contribution in [-0.4, -0.2) is 33.7 Å². The van der Waals surface area contributed by atoms with E-state index in [1.807, 2.05) is 6.07 Å². The van der Waals surface area contributed by atoms with Crippen molar-refractivity contribution in [3.63, 3.8) is 0 Å². The molecule has 0 amide bonds. The zero-order chi connectivity index (χ0) is 17.3. The van der Waals surface area contributed by atoms with Crippen LogP contribution < -0.4 is 14.2 Å². The van der Waals surface area contributed by atoms with E-state index in [1.165, 1.54) is 4.31 Å². The molecular weight excluding hydrogens is 330 g/mol. The van der Waals surface area contributed by atoms with E-state index in [0.29, 0.717) is 22.8 Å². The number of fused-ring (bicyclic) bond motifs is 1. The summed E-state index contributed by atoms with van der Waals surface area (Å²) in [6.07, 6.45) is 0. The van der Waals surface area contributed by atoms with Gasteiger partial charge in [-0.3, -0.25) is 0 Å². The van der Waals surface area contributed by atoms with E-state index in [1.54, 1.807) is 51.4 Å². The van der Waals surface area contributed by atoms with E-state index in [9.17, 15) is 8.42 Å². The molecule has 24 heavy (non-hydrogen) atoms. The minimum absolute atomic E-state index is 0.192. The molecule has 0 saturated carbocycles. The standard InChI is InChI=1S/C17H19NO5S/c1-12-8-14(21-3)5-7-17(12)24(19,20)18(2)10-13-4-6-15-16(9-13)23-11-22-15/h4-9H,10-11H2,1-3H3. The Balaban J connectivity index is 1.84. The highest BCUT2D eigenvalue weighted by molar-refractivity contribution is 7.89. The molecule has 0 aliphatic carbocycles. The molecule has 2 aromatic rings. The van der Waals surface area contributed by atoms with Crippen molar-refractivity contribution in [2.75, 3.05) is 21.0 Å². The highest BCUT2D eigenvalue weighted by atomic mass is 32.2. The molecular formula is C17H19NO5S. The molecule has 7 heteroatoms. The Kier molecular flexibility index (Phi) is 4.38. The summed E-state index contributed by atoms with van der Waals surface area (Å²) in [7, 11) is -0.492. The predicted octanol–water partition coefficient (Wildman–Crippen LogP) is 2.55. The van der Waals surface area contributed by atoms with Crippen LogP contribution in [0.5, 0.6) is 17.2 Å². The Bertz CT molecular complexity index is 863. The molecule has 3 rings (SSSR count). The number of hydrogen-bond acceptors (Lipinski definition) is 5. The largest absolute Gasteiger partial charge is 0.497 e. The summed E-state index contributed by atoms with van der Waals surface area (Å²) in [5.74, 6) is 1.94. The second kappa shape index (κ2) is 6.33. The Labute approximate surface area is 141 Å². The molecule has 1 heterocycles. The van der Waals surface area contributed by atoms with Crippen molar-refractivity contribution in [1.29, 1.82) is 0 Å². The van der Waals surface area contributed by atoms with Crippen molar-refractivity contribution in [3.8, 4) is 17.2 Å². The van der Waals surface area contributed by atoms with Gasteiger partial charge in [0, 0.05) is 13.6 Å². The first-order valence-corrected chi connectivity index (χ1v) is 8.85. The topological polar surface area (TPSA) is 65.1 Å². The van der Waals surface area contributed by atoms with Gasteiger partial charge in [0.1, 0.15) is 5.75 Å². The van der Waals surface area contributed by atoms with Crippen LogP contribution in [0.25, 0.3) is 0 Å². The quantitative estimate of drug-likeness (QED) is 0.830. The molecule has 0 spiro atoms. The van der Waals surface area contributed by atoms with Crippen LogP contribution in [0.3, 0.4) is 0 Å². The molecule has 0 N–H and O–H groups in total. The number of ether oxygens (including phenoxy) is 3. The number of rotatable bonds is 5. The second-order valence-electron chi connectivity index (χ2n) is 5.58. The Hall–Kier alpha value is -2.25. The van der Waals surface area contributed by atoms with E-state index in [0.717, 1.165) is 5.56 Å².